The van der Waals surface area contributed by atoms with Gasteiger partial charge in [-0.25, -0.2) is 0 Å². The average molecular weight is 292 g/mol. The normalized spacial score (nSPS) is 15.4. The van der Waals surface area contributed by atoms with Gasteiger partial charge in [-0.05, 0) is 18.2 Å². The number of halogens is 1. The van der Waals surface area contributed by atoms with E-state index >= 15 is 0 Å². The quantitative estimate of drug-likeness (QED) is 0.852. The van der Waals surface area contributed by atoms with Crippen LogP contribution in [0.15, 0.2) is 41.3 Å². The predicted octanol–water partition coefficient (Wildman–Crippen LogP) is 2.29. The van der Waals surface area contributed by atoms with E-state index in [4.69, 9.17) is 16.0 Å². The Hall–Kier alpha value is -2.01. The summed E-state index contributed by atoms with van der Waals surface area (Å²) < 4.78 is 5.14. The lowest BCUT2D eigenvalue weighted by atomic mass is 10.2. The first-order chi connectivity index (χ1) is 9.75. The van der Waals surface area contributed by atoms with Crippen LogP contribution in [0.2, 0.25) is 5.02 Å². The zero-order valence-corrected chi connectivity index (χ0v) is 11.6. The fourth-order valence-electron chi connectivity index (χ4n) is 2.33. The van der Waals surface area contributed by atoms with Crippen LogP contribution in [0.3, 0.4) is 0 Å². The molecule has 0 aromatic carbocycles. The van der Waals surface area contributed by atoms with Crippen LogP contribution in [-0.4, -0.2) is 42.0 Å². The molecular formula is C14H14ClN3O2. The number of aromatic nitrogens is 1. The Kier molecular flexibility index (Phi) is 3.60. The largest absolute Gasteiger partial charge is 0.459 e. The molecule has 3 rings (SSSR count). The van der Waals surface area contributed by atoms with Crippen LogP contribution in [0.5, 0.6) is 0 Å². The molecule has 2 aromatic heterocycles. The van der Waals surface area contributed by atoms with Gasteiger partial charge in [0.25, 0.3) is 5.91 Å². The third kappa shape index (κ3) is 2.49. The Morgan fingerprint density at radius 3 is 2.70 bits per heavy atom. The van der Waals surface area contributed by atoms with Crippen molar-refractivity contribution in [1.29, 1.82) is 0 Å². The van der Waals surface area contributed by atoms with Gasteiger partial charge in [-0.15, -0.1) is 0 Å². The molecule has 1 aliphatic rings. The monoisotopic (exact) mass is 291 g/mol. The van der Waals surface area contributed by atoms with Crippen molar-refractivity contribution in [2.24, 2.45) is 0 Å². The van der Waals surface area contributed by atoms with E-state index < -0.39 is 0 Å². The van der Waals surface area contributed by atoms with Crippen molar-refractivity contribution in [3.05, 3.63) is 47.6 Å². The van der Waals surface area contributed by atoms with Gasteiger partial charge >= 0.3 is 0 Å². The third-order valence-corrected chi connectivity index (χ3v) is 3.68. The molecule has 1 aliphatic heterocycles. The van der Waals surface area contributed by atoms with Crippen LogP contribution >= 0.6 is 11.6 Å². The van der Waals surface area contributed by atoms with Crippen LogP contribution in [0.25, 0.3) is 0 Å². The smallest absolute Gasteiger partial charge is 0.289 e. The molecule has 20 heavy (non-hydrogen) atoms. The number of pyridine rings is 1. The molecule has 0 bridgehead atoms. The second kappa shape index (κ2) is 5.54. The van der Waals surface area contributed by atoms with Crippen molar-refractivity contribution in [3.8, 4) is 0 Å². The lowest BCUT2D eigenvalue weighted by Crippen LogP contribution is -2.48. The second-order valence-corrected chi connectivity index (χ2v) is 4.99. The van der Waals surface area contributed by atoms with E-state index in [9.17, 15) is 4.79 Å². The van der Waals surface area contributed by atoms with Gasteiger partial charge in [0.05, 0.1) is 17.0 Å². The van der Waals surface area contributed by atoms with Crippen molar-refractivity contribution in [3.63, 3.8) is 0 Å². The van der Waals surface area contributed by atoms with Gasteiger partial charge in [-0.2, -0.15) is 0 Å². The number of furan rings is 1. The number of nitrogens with zero attached hydrogens (tertiary/aromatic N) is 3. The second-order valence-electron chi connectivity index (χ2n) is 4.58. The molecule has 5 nitrogen and oxygen atoms in total. The van der Waals surface area contributed by atoms with Crippen LogP contribution < -0.4 is 4.90 Å². The van der Waals surface area contributed by atoms with Crippen LogP contribution in [0, 0.1) is 0 Å². The Balaban J connectivity index is 1.65. The maximum atomic E-state index is 12.1. The van der Waals surface area contributed by atoms with Crippen LogP contribution in [0.4, 0.5) is 5.69 Å². The van der Waals surface area contributed by atoms with E-state index in [1.54, 1.807) is 29.4 Å². The molecule has 6 heteroatoms. The highest BCUT2D eigenvalue weighted by Gasteiger charge is 2.24. The van der Waals surface area contributed by atoms with Crippen LogP contribution in [-0.2, 0) is 0 Å². The number of hydrogen-bond donors (Lipinski definition) is 0. The number of carbonyl (C=O) groups is 1. The highest BCUT2D eigenvalue weighted by molar-refractivity contribution is 6.33. The minimum Gasteiger partial charge on any atom is -0.459 e. The molecular weight excluding hydrogens is 278 g/mol. The maximum absolute atomic E-state index is 12.1. The molecule has 2 aromatic rings. The van der Waals surface area contributed by atoms with Crippen molar-refractivity contribution in [2.45, 2.75) is 0 Å². The summed E-state index contributed by atoms with van der Waals surface area (Å²) in [7, 11) is 0. The van der Waals surface area contributed by atoms with E-state index in [0.717, 1.165) is 18.8 Å². The summed E-state index contributed by atoms with van der Waals surface area (Å²) >= 11 is 6.14. The lowest BCUT2D eigenvalue weighted by molar-refractivity contribution is 0.0714. The van der Waals surface area contributed by atoms with E-state index in [2.05, 4.69) is 9.88 Å². The number of anilines is 1. The molecule has 0 unspecified atom stereocenters. The molecule has 3 heterocycles. The summed E-state index contributed by atoms with van der Waals surface area (Å²) in [5.41, 5.74) is 0.965. The van der Waals surface area contributed by atoms with Crippen molar-refractivity contribution >= 4 is 23.2 Å². The molecule has 0 spiro atoms. The van der Waals surface area contributed by atoms with Crippen molar-refractivity contribution < 1.29 is 9.21 Å². The topological polar surface area (TPSA) is 49.6 Å². The fourth-order valence-corrected chi connectivity index (χ4v) is 2.57. The molecule has 1 saturated heterocycles. The molecule has 1 fully saturated rings. The van der Waals surface area contributed by atoms with Crippen LogP contribution in [0.1, 0.15) is 10.6 Å². The highest BCUT2D eigenvalue weighted by atomic mass is 35.5. The number of carbonyl (C=O) groups excluding carboxylic acids is 1. The van der Waals surface area contributed by atoms with E-state index in [0.29, 0.717) is 23.9 Å². The lowest BCUT2D eigenvalue weighted by Gasteiger charge is -2.36. The summed E-state index contributed by atoms with van der Waals surface area (Å²) in [4.78, 5) is 20.1. The zero-order valence-electron chi connectivity index (χ0n) is 10.8. The van der Waals surface area contributed by atoms with E-state index in [1.165, 1.54) is 6.26 Å². The van der Waals surface area contributed by atoms with Gasteiger partial charge in [0.2, 0.25) is 0 Å². The van der Waals surface area contributed by atoms with Gasteiger partial charge in [0.15, 0.2) is 5.76 Å². The highest BCUT2D eigenvalue weighted by Crippen LogP contribution is 2.25. The number of hydrogen-bond acceptors (Lipinski definition) is 4. The summed E-state index contributed by atoms with van der Waals surface area (Å²) in [6, 6.07) is 5.31. The molecule has 0 aliphatic carbocycles. The van der Waals surface area contributed by atoms with Gasteiger partial charge in [-0.3, -0.25) is 9.78 Å². The minimum atomic E-state index is -0.0597. The number of piperazine rings is 1. The first-order valence-corrected chi connectivity index (χ1v) is 6.81. The summed E-state index contributed by atoms with van der Waals surface area (Å²) in [5, 5.41) is 0.637. The maximum Gasteiger partial charge on any atom is 0.289 e. The molecule has 0 N–H and O–H groups in total. The van der Waals surface area contributed by atoms with Gasteiger partial charge in [0, 0.05) is 38.6 Å². The standard InChI is InChI=1S/C14H14ClN3O2/c15-11-10-16-4-3-12(11)17-5-7-18(8-6-17)14(19)13-2-1-9-20-13/h1-4,9-10H,5-8H2. The Morgan fingerprint density at radius 2 is 2.05 bits per heavy atom. The zero-order chi connectivity index (χ0) is 13.9. The molecule has 0 saturated carbocycles. The van der Waals surface area contributed by atoms with E-state index in [-0.39, 0.29) is 5.91 Å². The minimum absolute atomic E-state index is 0.0597. The van der Waals surface area contributed by atoms with E-state index in [1.807, 2.05) is 6.07 Å². The summed E-state index contributed by atoms with van der Waals surface area (Å²) in [6.07, 6.45) is 4.87. The Morgan fingerprint density at radius 1 is 1.25 bits per heavy atom. The Bertz CT molecular complexity index is 592. The average Bonchev–Trinajstić information content (AvgIpc) is 3.01. The SMILES string of the molecule is O=C(c1ccco1)N1CCN(c2ccncc2Cl)CC1. The fraction of sp³-hybridized carbons (Fsp3) is 0.286. The predicted molar refractivity (Wildman–Crippen MR) is 76.1 cm³/mol. The number of amides is 1. The Labute approximate surface area is 121 Å². The third-order valence-electron chi connectivity index (χ3n) is 3.39. The molecule has 1 amide bonds. The first kappa shape index (κ1) is 13.0. The number of rotatable bonds is 2. The molecule has 0 radical (unpaired) electrons. The summed E-state index contributed by atoms with van der Waals surface area (Å²) in [6.45, 7) is 2.79. The molecule has 104 valence electrons. The summed E-state index contributed by atoms with van der Waals surface area (Å²) in [5.74, 6) is 0.330. The van der Waals surface area contributed by atoms with Crippen molar-refractivity contribution in [2.75, 3.05) is 31.1 Å². The van der Waals surface area contributed by atoms with Gasteiger partial charge in [-0.1, -0.05) is 11.6 Å². The van der Waals surface area contributed by atoms with Gasteiger partial charge < -0.3 is 14.2 Å². The van der Waals surface area contributed by atoms with Crippen molar-refractivity contribution in [1.82, 2.24) is 9.88 Å². The molecule has 0 atom stereocenters. The van der Waals surface area contributed by atoms with Gasteiger partial charge in [0.1, 0.15) is 0 Å². The first-order valence-electron chi connectivity index (χ1n) is 6.43.